The Hall–Kier alpha value is -1.04. The molecule has 1 saturated carbocycles. The fourth-order valence-corrected chi connectivity index (χ4v) is 2.22. The highest BCUT2D eigenvalue weighted by Crippen LogP contribution is 2.41. The number of carbonyl (C=O) groups is 1. The van der Waals surface area contributed by atoms with E-state index in [0.717, 1.165) is 24.6 Å². The minimum Gasteiger partial charge on any atom is -0.480 e. The second kappa shape index (κ2) is 3.61. The maximum absolute atomic E-state index is 10.9. The average molecular weight is 214 g/mol. The first kappa shape index (κ1) is 9.51. The molecular weight excluding hydrogens is 204 g/mol. The molecular formula is C8H10N2O3S. The first-order chi connectivity index (χ1) is 6.66. The molecule has 1 fully saturated rings. The Morgan fingerprint density at radius 3 is 2.79 bits per heavy atom. The summed E-state index contributed by atoms with van der Waals surface area (Å²) in [6.45, 7) is 1.68. The summed E-state index contributed by atoms with van der Waals surface area (Å²) in [6, 6.07) is 0. The van der Waals surface area contributed by atoms with E-state index in [9.17, 15) is 4.79 Å². The molecule has 1 N–H and O–H groups in total. The number of carboxylic acids is 1. The van der Waals surface area contributed by atoms with Gasteiger partial charge in [0.2, 0.25) is 5.89 Å². The van der Waals surface area contributed by atoms with Gasteiger partial charge in [-0.2, -0.15) is 0 Å². The molecule has 76 valence electrons. The zero-order valence-corrected chi connectivity index (χ0v) is 8.45. The molecule has 6 heteroatoms. The average Bonchev–Trinajstić information content (AvgIpc) is 2.86. The van der Waals surface area contributed by atoms with Crippen molar-refractivity contribution in [3.8, 4) is 0 Å². The predicted octanol–water partition coefficient (Wildman–Crippen LogP) is 1.33. The summed E-state index contributed by atoms with van der Waals surface area (Å²) < 4.78 is 5.12. The number of carboxylic acid groups (broad SMARTS) is 1. The van der Waals surface area contributed by atoms with Crippen molar-refractivity contribution >= 4 is 17.7 Å². The molecule has 1 aliphatic carbocycles. The number of rotatable bonds is 4. The molecule has 0 saturated heterocycles. The molecule has 1 aromatic rings. The summed E-state index contributed by atoms with van der Waals surface area (Å²) in [5.41, 5.74) is 0. The summed E-state index contributed by atoms with van der Waals surface area (Å²) in [4.78, 5) is 10.9. The molecule has 1 unspecified atom stereocenters. The van der Waals surface area contributed by atoms with E-state index in [-0.39, 0.29) is 5.92 Å². The predicted molar refractivity (Wildman–Crippen MR) is 49.0 cm³/mol. The molecule has 0 aliphatic heterocycles. The lowest BCUT2D eigenvalue weighted by molar-refractivity contribution is -0.136. The van der Waals surface area contributed by atoms with Crippen LogP contribution in [0.3, 0.4) is 0 Å². The van der Waals surface area contributed by atoms with Crippen molar-refractivity contribution in [3.05, 3.63) is 5.89 Å². The van der Waals surface area contributed by atoms with Crippen LogP contribution in [0.5, 0.6) is 0 Å². The van der Waals surface area contributed by atoms with E-state index < -0.39 is 11.2 Å². The van der Waals surface area contributed by atoms with E-state index in [0.29, 0.717) is 11.1 Å². The lowest BCUT2D eigenvalue weighted by Crippen LogP contribution is -2.18. The summed E-state index contributed by atoms with van der Waals surface area (Å²) in [5, 5.41) is 16.3. The zero-order chi connectivity index (χ0) is 10.1. The van der Waals surface area contributed by atoms with Crippen molar-refractivity contribution in [2.75, 3.05) is 0 Å². The Balaban J connectivity index is 2.03. The third-order valence-electron chi connectivity index (χ3n) is 2.03. The molecule has 0 aromatic carbocycles. The second-order valence-electron chi connectivity index (χ2n) is 3.30. The van der Waals surface area contributed by atoms with Gasteiger partial charge in [0.25, 0.3) is 5.22 Å². The second-order valence-corrected chi connectivity index (χ2v) is 4.39. The smallest absolute Gasteiger partial charge is 0.317 e. The standard InChI is InChI=1S/C8H10N2O3S/c1-4-9-10-8(13-4)14-6(7(11)12)5-2-3-5/h5-6H,2-3H2,1H3,(H,11,12). The van der Waals surface area contributed by atoms with E-state index >= 15 is 0 Å². The fraction of sp³-hybridized carbons (Fsp3) is 0.625. The highest BCUT2D eigenvalue weighted by atomic mass is 32.2. The molecule has 1 atom stereocenters. The largest absolute Gasteiger partial charge is 0.480 e. The van der Waals surface area contributed by atoms with Gasteiger partial charge in [-0.3, -0.25) is 4.79 Å². The van der Waals surface area contributed by atoms with Gasteiger partial charge in [-0.25, -0.2) is 0 Å². The molecule has 14 heavy (non-hydrogen) atoms. The van der Waals surface area contributed by atoms with Crippen LogP contribution in [-0.2, 0) is 4.79 Å². The van der Waals surface area contributed by atoms with Gasteiger partial charge in [0.1, 0.15) is 5.25 Å². The summed E-state index contributed by atoms with van der Waals surface area (Å²) in [7, 11) is 0. The summed E-state index contributed by atoms with van der Waals surface area (Å²) >= 11 is 1.15. The Morgan fingerprint density at radius 1 is 1.64 bits per heavy atom. The van der Waals surface area contributed by atoms with Crippen LogP contribution in [0, 0.1) is 12.8 Å². The van der Waals surface area contributed by atoms with Crippen molar-refractivity contribution in [3.63, 3.8) is 0 Å². The van der Waals surface area contributed by atoms with E-state index in [1.54, 1.807) is 6.92 Å². The van der Waals surface area contributed by atoms with Crippen LogP contribution in [-0.4, -0.2) is 26.5 Å². The number of aromatic nitrogens is 2. The SMILES string of the molecule is Cc1nnc(SC(C(=O)O)C2CC2)o1. The monoisotopic (exact) mass is 214 g/mol. The van der Waals surface area contributed by atoms with Crippen LogP contribution in [0.2, 0.25) is 0 Å². The van der Waals surface area contributed by atoms with Gasteiger partial charge in [0, 0.05) is 6.92 Å². The van der Waals surface area contributed by atoms with Crippen LogP contribution < -0.4 is 0 Å². The van der Waals surface area contributed by atoms with Crippen molar-refractivity contribution < 1.29 is 14.3 Å². The molecule has 1 aliphatic rings. The number of nitrogens with zero attached hydrogens (tertiary/aromatic N) is 2. The van der Waals surface area contributed by atoms with E-state index in [1.807, 2.05) is 0 Å². The third-order valence-corrected chi connectivity index (χ3v) is 3.24. The fourth-order valence-electron chi connectivity index (χ4n) is 1.18. The maximum atomic E-state index is 10.9. The number of aliphatic carboxylic acids is 1. The molecule has 1 heterocycles. The number of thioether (sulfide) groups is 1. The molecule has 0 amide bonds. The summed E-state index contributed by atoms with van der Waals surface area (Å²) in [5.74, 6) is -0.0644. The van der Waals surface area contributed by atoms with E-state index in [4.69, 9.17) is 9.52 Å². The van der Waals surface area contributed by atoms with E-state index in [1.165, 1.54) is 0 Å². The van der Waals surface area contributed by atoms with Gasteiger partial charge in [-0.1, -0.05) is 0 Å². The molecule has 1 aromatic heterocycles. The van der Waals surface area contributed by atoms with Gasteiger partial charge < -0.3 is 9.52 Å². The highest BCUT2D eigenvalue weighted by molar-refractivity contribution is 8.00. The number of hydrogen-bond donors (Lipinski definition) is 1. The molecule has 0 bridgehead atoms. The lowest BCUT2D eigenvalue weighted by Gasteiger charge is -2.05. The lowest BCUT2D eigenvalue weighted by atomic mass is 10.3. The Morgan fingerprint density at radius 2 is 2.36 bits per heavy atom. The highest BCUT2D eigenvalue weighted by Gasteiger charge is 2.38. The van der Waals surface area contributed by atoms with Gasteiger partial charge in [0.15, 0.2) is 0 Å². The van der Waals surface area contributed by atoms with Crippen LogP contribution in [0.15, 0.2) is 9.64 Å². The van der Waals surface area contributed by atoms with Gasteiger partial charge in [0.05, 0.1) is 0 Å². The Bertz CT molecular complexity index is 348. The van der Waals surface area contributed by atoms with Crippen molar-refractivity contribution in [1.29, 1.82) is 0 Å². The van der Waals surface area contributed by atoms with Crippen LogP contribution in [0.4, 0.5) is 0 Å². The Kier molecular flexibility index (Phi) is 2.45. The van der Waals surface area contributed by atoms with Crippen LogP contribution >= 0.6 is 11.8 Å². The number of aryl methyl sites for hydroxylation is 1. The minimum absolute atomic E-state index is 0.268. The normalized spacial score (nSPS) is 18.1. The maximum Gasteiger partial charge on any atom is 0.317 e. The first-order valence-electron chi connectivity index (χ1n) is 4.36. The quantitative estimate of drug-likeness (QED) is 0.762. The molecule has 5 nitrogen and oxygen atoms in total. The minimum atomic E-state index is -0.798. The third kappa shape index (κ3) is 2.06. The van der Waals surface area contributed by atoms with Gasteiger partial charge in [-0.05, 0) is 30.5 Å². The van der Waals surface area contributed by atoms with Crippen LogP contribution in [0.1, 0.15) is 18.7 Å². The van der Waals surface area contributed by atoms with Crippen molar-refractivity contribution in [1.82, 2.24) is 10.2 Å². The zero-order valence-electron chi connectivity index (χ0n) is 7.64. The molecule has 0 radical (unpaired) electrons. The molecule has 2 rings (SSSR count). The molecule has 0 spiro atoms. The van der Waals surface area contributed by atoms with Crippen molar-refractivity contribution in [2.24, 2.45) is 5.92 Å². The topological polar surface area (TPSA) is 76.2 Å². The van der Waals surface area contributed by atoms with E-state index in [2.05, 4.69) is 10.2 Å². The number of hydrogen-bond acceptors (Lipinski definition) is 5. The summed E-state index contributed by atoms with van der Waals surface area (Å²) in [6.07, 6.45) is 1.97. The Labute approximate surface area is 84.9 Å². The van der Waals surface area contributed by atoms with Crippen LogP contribution in [0.25, 0.3) is 0 Å². The van der Waals surface area contributed by atoms with Gasteiger partial charge >= 0.3 is 5.97 Å². The van der Waals surface area contributed by atoms with Crippen molar-refractivity contribution in [2.45, 2.75) is 30.2 Å². The first-order valence-corrected chi connectivity index (χ1v) is 5.24. The van der Waals surface area contributed by atoms with Gasteiger partial charge in [-0.15, -0.1) is 10.2 Å².